The minimum absolute atomic E-state index is 0.0679. The number of hydrogen-bond donors (Lipinski definition) is 2. The van der Waals surface area contributed by atoms with Crippen LogP contribution in [0.25, 0.3) is 0 Å². The van der Waals surface area contributed by atoms with Gasteiger partial charge in [0.05, 0.1) is 4.90 Å². The van der Waals surface area contributed by atoms with Gasteiger partial charge in [0.25, 0.3) is 0 Å². The Morgan fingerprint density at radius 1 is 1.04 bits per heavy atom. The molecule has 0 saturated carbocycles. The molecular weight excluding hydrogens is 362 g/mol. The summed E-state index contributed by atoms with van der Waals surface area (Å²) < 4.78 is 26.6. The minimum Gasteiger partial charge on any atom is -0.370 e. The Morgan fingerprint density at radius 3 is 2.44 bits per heavy atom. The van der Waals surface area contributed by atoms with Gasteiger partial charge in [0.2, 0.25) is 15.9 Å². The summed E-state index contributed by atoms with van der Waals surface area (Å²) in [5.41, 5.74) is 2.32. The minimum atomic E-state index is -3.57. The molecule has 0 aliphatic heterocycles. The molecule has 0 atom stereocenters. The molecular formula is C20H27N3O3S. The fourth-order valence-corrected chi connectivity index (χ4v) is 3.75. The number of nitrogens with zero attached hydrogens (tertiary/aromatic N) is 1. The number of anilines is 1. The van der Waals surface area contributed by atoms with Gasteiger partial charge < -0.3 is 10.2 Å². The van der Waals surface area contributed by atoms with Crippen LogP contribution in [0.15, 0.2) is 59.5 Å². The smallest absolute Gasteiger partial charge is 0.240 e. The molecule has 0 fully saturated rings. The normalized spacial score (nSPS) is 11.2. The van der Waals surface area contributed by atoms with Crippen molar-refractivity contribution in [3.63, 3.8) is 0 Å². The number of carbonyl (C=O) groups excluding carboxylic acids is 1. The van der Waals surface area contributed by atoms with Gasteiger partial charge in [-0.25, -0.2) is 13.1 Å². The lowest BCUT2D eigenvalue weighted by Gasteiger charge is -2.23. The highest BCUT2D eigenvalue weighted by Gasteiger charge is 2.13. The first-order valence-electron chi connectivity index (χ1n) is 9.05. The number of hydrogen-bond acceptors (Lipinski definition) is 4. The maximum absolute atomic E-state index is 12.1. The maximum atomic E-state index is 12.1. The molecule has 2 N–H and O–H groups in total. The second-order valence-electron chi connectivity index (χ2n) is 6.23. The van der Waals surface area contributed by atoms with Gasteiger partial charge in [0.1, 0.15) is 0 Å². The molecule has 0 aliphatic rings. The monoisotopic (exact) mass is 389 g/mol. The van der Waals surface area contributed by atoms with E-state index in [1.807, 2.05) is 6.07 Å². The van der Waals surface area contributed by atoms with E-state index >= 15 is 0 Å². The van der Waals surface area contributed by atoms with E-state index in [2.05, 4.69) is 47.0 Å². The standard InChI is InChI=1S/C20H27N3O3S/c1-3-23(18-9-7-8-17(2)16-18)15-14-21-20(24)12-13-22-27(25,26)19-10-5-4-6-11-19/h4-11,16,22H,3,12-15H2,1-2H3,(H,21,24). The maximum Gasteiger partial charge on any atom is 0.240 e. The predicted octanol–water partition coefficient (Wildman–Crippen LogP) is 2.31. The SMILES string of the molecule is CCN(CCNC(=O)CCNS(=O)(=O)c1ccccc1)c1cccc(C)c1. The van der Waals surface area contributed by atoms with Gasteiger partial charge in [-0.05, 0) is 43.7 Å². The zero-order valence-corrected chi connectivity index (χ0v) is 16.6. The summed E-state index contributed by atoms with van der Waals surface area (Å²) >= 11 is 0. The van der Waals surface area contributed by atoms with Crippen LogP contribution in [0.3, 0.4) is 0 Å². The van der Waals surface area contributed by atoms with Gasteiger partial charge >= 0.3 is 0 Å². The van der Waals surface area contributed by atoms with Gasteiger partial charge in [0, 0.05) is 38.3 Å². The van der Waals surface area contributed by atoms with Gasteiger partial charge in [-0.2, -0.15) is 0 Å². The van der Waals surface area contributed by atoms with Crippen LogP contribution in [0.1, 0.15) is 18.9 Å². The largest absolute Gasteiger partial charge is 0.370 e. The number of sulfonamides is 1. The van der Waals surface area contributed by atoms with Crippen LogP contribution in [0, 0.1) is 6.92 Å². The van der Waals surface area contributed by atoms with Gasteiger partial charge in [0.15, 0.2) is 0 Å². The van der Waals surface area contributed by atoms with Crippen LogP contribution in [-0.2, 0) is 14.8 Å². The molecule has 0 aromatic heterocycles. The molecule has 6 nitrogen and oxygen atoms in total. The van der Waals surface area contributed by atoms with Crippen molar-refractivity contribution in [1.29, 1.82) is 0 Å². The molecule has 1 amide bonds. The molecule has 7 heteroatoms. The summed E-state index contributed by atoms with van der Waals surface area (Å²) in [5.74, 6) is -0.175. The highest BCUT2D eigenvalue weighted by atomic mass is 32.2. The fourth-order valence-electron chi connectivity index (χ4n) is 2.70. The van der Waals surface area contributed by atoms with Crippen LogP contribution in [0.2, 0.25) is 0 Å². The Kier molecular flexibility index (Phi) is 7.82. The molecule has 0 bridgehead atoms. The van der Waals surface area contributed by atoms with Crippen molar-refractivity contribution in [2.75, 3.05) is 31.1 Å². The number of aryl methyl sites for hydroxylation is 1. The van der Waals surface area contributed by atoms with E-state index in [0.29, 0.717) is 13.1 Å². The zero-order chi connectivity index (χ0) is 19.7. The van der Waals surface area contributed by atoms with Crippen molar-refractivity contribution in [3.8, 4) is 0 Å². The van der Waals surface area contributed by atoms with E-state index in [0.717, 1.165) is 12.2 Å². The van der Waals surface area contributed by atoms with Crippen LogP contribution in [0.4, 0.5) is 5.69 Å². The number of nitrogens with one attached hydrogen (secondary N) is 2. The number of amides is 1. The lowest BCUT2D eigenvalue weighted by Crippen LogP contribution is -2.36. The van der Waals surface area contributed by atoms with E-state index in [9.17, 15) is 13.2 Å². The molecule has 2 aromatic rings. The molecule has 0 radical (unpaired) electrons. The first-order chi connectivity index (χ1) is 12.9. The molecule has 0 unspecified atom stereocenters. The van der Waals surface area contributed by atoms with Crippen molar-refractivity contribution in [2.45, 2.75) is 25.2 Å². The topological polar surface area (TPSA) is 78.5 Å². The molecule has 0 aliphatic carbocycles. The van der Waals surface area contributed by atoms with Gasteiger partial charge in [-0.3, -0.25) is 4.79 Å². The van der Waals surface area contributed by atoms with E-state index in [1.54, 1.807) is 18.2 Å². The number of likely N-dealkylation sites (N-methyl/N-ethyl adjacent to an activating group) is 1. The third-order valence-corrected chi connectivity index (χ3v) is 5.63. The number of benzene rings is 2. The molecule has 0 spiro atoms. The zero-order valence-electron chi connectivity index (χ0n) is 15.8. The molecule has 0 heterocycles. The highest BCUT2D eigenvalue weighted by molar-refractivity contribution is 7.89. The van der Waals surface area contributed by atoms with E-state index in [4.69, 9.17) is 0 Å². The second-order valence-corrected chi connectivity index (χ2v) is 8.00. The van der Waals surface area contributed by atoms with Crippen molar-refractivity contribution in [3.05, 3.63) is 60.2 Å². The highest BCUT2D eigenvalue weighted by Crippen LogP contribution is 2.15. The summed E-state index contributed by atoms with van der Waals surface area (Å²) in [5, 5.41) is 2.84. The second kappa shape index (κ2) is 10.1. The average molecular weight is 390 g/mol. The molecule has 146 valence electrons. The van der Waals surface area contributed by atoms with Crippen molar-refractivity contribution >= 4 is 21.6 Å². The Bertz CT molecular complexity index is 839. The summed E-state index contributed by atoms with van der Waals surface area (Å²) in [6.07, 6.45) is 0.0998. The van der Waals surface area contributed by atoms with E-state index in [-0.39, 0.29) is 23.8 Å². The third kappa shape index (κ3) is 6.69. The van der Waals surface area contributed by atoms with Crippen LogP contribution >= 0.6 is 0 Å². The summed E-state index contributed by atoms with van der Waals surface area (Å²) in [6, 6.07) is 16.4. The Balaban J connectivity index is 1.73. The first-order valence-corrected chi connectivity index (χ1v) is 10.5. The molecule has 0 saturated heterocycles. The van der Waals surface area contributed by atoms with Crippen LogP contribution < -0.4 is 14.9 Å². The Morgan fingerprint density at radius 2 is 1.78 bits per heavy atom. The lowest BCUT2D eigenvalue weighted by atomic mass is 10.2. The summed E-state index contributed by atoms with van der Waals surface area (Å²) in [4.78, 5) is 14.3. The predicted molar refractivity (Wildman–Crippen MR) is 108 cm³/mol. The van der Waals surface area contributed by atoms with Crippen LogP contribution in [0.5, 0.6) is 0 Å². The van der Waals surface area contributed by atoms with Crippen LogP contribution in [-0.4, -0.2) is 40.5 Å². The van der Waals surface area contributed by atoms with Crippen molar-refractivity contribution in [2.24, 2.45) is 0 Å². The van der Waals surface area contributed by atoms with Gasteiger partial charge in [-0.1, -0.05) is 30.3 Å². The van der Waals surface area contributed by atoms with E-state index in [1.165, 1.54) is 17.7 Å². The first kappa shape index (κ1) is 20.9. The third-order valence-electron chi connectivity index (χ3n) is 4.15. The van der Waals surface area contributed by atoms with E-state index < -0.39 is 10.0 Å². The van der Waals surface area contributed by atoms with Crippen molar-refractivity contribution < 1.29 is 13.2 Å². The number of rotatable bonds is 10. The number of carbonyl (C=O) groups is 1. The quantitative estimate of drug-likeness (QED) is 0.654. The van der Waals surface area contributed by atoms with Crippen molar-refractivity contribution in [1.82, 2.24) is 10.0 Å². The molecule has 2 aromatic carbocycles. The molecule has 27 heavy (non-hydrogen) atoms. The lowest BCUT2D eigenvalue weighted by molar-refractivity contribution is -0.120. The Labute approximate surface area is 161 Å². The molecule has 2 rings (SSSR count). The average Bonchev–Trinajstić information content (AvgIpc) is 2.66. The Hall–Kier alpha value is -2.38. The fraction of sp³-hybridized carbons (Fsp3) is 0.350. The van der Waals surface area contributed by atoms with Gasteiger partial charge in [-0.15, -0.1) is 0 Å². The summed E-state index contributed by atoms with van der Waals surface area (Å²) in [6.45, 7) is 6.24. The summed E-state index contributed by atoms with van der Waals surface area (Å²) in [7, 11) is -3.57.